The molecule has 0 aromatic rings. The molecule has 2 atom stereocenters. The Labute approximate surface area is 78.8 Å². The van der Waals surface area contributed by atoms with Gasteiger partial charge in [0.15, 0.2) is 0 Å². The number of rotatable bonds is 7. The van der Waals surface area contributed by atoms with E-state index in [4.69, 9.17) is 0 Å². The van der Waals surface area contributed by atoms with Crippen LogP contribution in [0.1, 0.15) is 66.2 Å². The lowest BCUT2D eigenvalue weighted by Gasteiger charge is -2.21. The molecule has 0 saturated heterocycles. The highest BCUT2D eigenvalue weighted by Gasteiger charge is 2.13. The molecular weight excluding hydrogens is 144 g/mol. The molecular formula is C12H26. The molecule has 12 heavy (non-hydrogen) atoms. The maximum atomic E-state index is 2.43. The SMILES string of the molecule is CCCCC(C)C(CC)CCC. The van der Waals surface area contributed by atoms with Crippen molar-refractivity contribution in [2.24, 2.45) is 11.8 Å². The minimum atomic E-state index is 0.954. The Kier molecular flexibility index (Phi) is 7.64. The zero-order valence-electron chi connectivity index (χ0n) is 9.40. The van der Waals surface area contributed by atoms with Crippen LogP contribution in [0.5, 0.6) is 0 Å². The average Bonchev–Trinajstić information content (AvgIpc) is 2.10. The molecule has 0 aliphatic heterocycles. The van der Waals surface area contributed by atoms with Crippen molar-refractivity contribution < 1.29 is 0 Å². The summed E-state index contributed by atoms with van der Waals surface area (Å²) in [7, 11) is 0. The number of hydrogen-bond donors (Lipinski definition) is 0. The quantitative estimate of drug-likeness (QED) is 0.522. The summed E-state index contributed by atoms with van der Waals surface area (Å²) in [4.78, 5) is 0. The Morgan fingerprint density at radius 3 is 2.00 bits per heavy atom. The van der Waals surface area contributed by atoms with Crippen molar-refractivity contribution in [1.82, 2.24) is 0 Å². The van der Waals surface area contributed by atoms with E-state index in [1.165, 1.54) is 38.5 Å². The van der Waals surface area contributed by atoms with Crippen molar-refractivity contribution in [3.8, 4) is 0 Å². The normalized spacial score (nSPS) is 16.0. The van der Waals surface area contributed by atoms with Crippen molar-refractivity contribution in [2.75, 3.05) is 0 Å². The average molecular weight is 170 g/mol. The van der Waals surface area contributed by atoms with E-state index in [0.717, 1.165) is 11.8 Å². The van der Waals surface area contributed by atoms with Crippen molar-refractivity contribution in [1.29, 1.82) is 0 Å². The Balaban J connectivity index is 3.60. The molecule has 0 heterocycles. The molecule has 0 saturated carbocycles. The van der Waals surface area contributed by atoms with Crippen LogP contribution in [0.3, 0.4) is 0 Å². The van der Waals surface area contributed by atoms with E-state index in [9.17, 15) is 0 Å². The van der Waals surface area contributed by atoms with Crippen LogP contribution >= 0.6 is 0 Å². The maximum Gasteiger partial charge on any atom is -0.0391 e. The molecule has 0 aromatic heterocycles. The van der Waals surface area contributed by atoms with Crippen LogP contribution in [0, 0.1) is 11.8 Å². The third-order valence-corrected chi connectivity index (χ3v) is 3.00. The summed E-state index contributed by atoms with van der Waals surface area (Å²) in [6.07, 6.45) is 8.37. The maximum absolute atomic E-state index is 2.43. The van der Waals surface area contributed by atoms with Crippen LogP contribution in [0.4, 0.5) is 0 Å². The van der Waals surface area contributed by atoms with Gasteiger partial charge in [0.25, 0.3) is 0 Å². The van der Waals surface area contributed by atoms with Gasteiger partial charge in [-0.25, -0.2) is 0 Å². The molecule has 2 unspecified atom stereocenters. The molecule has 0 amide bonds. The van der Waals surface area contributed by atoms with Gasteiger partial charge >= 0.3 is 0 Å². The minimum absolute atomic E-state index is 0.954. The molecule has 0 aromatic carbocycles. The first-order valence-electron chi connectivity index (χ1n) is 5.76. The largest absolute Gasteiger partial charge is 0.0654 e. The lowest BCUT2D eigenvalue weighted by molar-refractivity contribution is 0.300. The van der Waals surface area contributed by atoms with Crippen LogP contribution in [0.2, 0.25) is 0 Å². The highest BCUT2D eigenvalue weighted by atomic mass is 14.2. The predicted molar refractivity (Wildman–Crippen MR) is 57.4 cm³/mol. The lowest BCUT2D eigenvalue weighted by Crippen LogP contribution is -2.10. The van der Waals surface area contributed by atoms with Crippen molar-refractivity contribution >= 4 is 0 Å². The molecule has 0 heteroatoms. The van der Waals surface area contributed by atoms with E-state index in [2.05, 4.69) is 27.7 Å². The Bertz CT molecular complexity index is 86.0. The standard InChI is InChI=1S/C12H26/c1-5-8-10-11(4)12(7-3)9-6-2/h11-12H,5-10H2,1-4H3. The molecule has 74 valence electrons. The van der Waals surface area contributed by atoms with Gasteiger partial charge in [-0.2, -0.15) is 0 Å². The number of unbranched alkanes of at least 4 members (excludes halogenated alkanes) is 1. The first-order chi connectivity index (χ1) is 5.76. The zero-order valence-corrected chi connectivity index (χ0v) is 9.40. The van der Waals surface area contributed by atoms with Crippen LogP contribution in [-0.4, -0.2) is 0 Å². The van der Waals surface area contributed by atoms with Gasteiger partial charge in [0.05, 0.1) is 0 Å². The van der Waals surface area contributed by atoms with Gasteiger partial charge in [-0.1, -0.05) is 66.2 Å². The first-order valence-corrected chi connectivity index (χ1v) is 5.76. The molecule has 0 aliphatic carbocycles. The molecule has 0 radical (unpaired) electrons. The fourth-order valence-corrected chi connectivity index (χ4v) is 2.02. The second-order valence-corrected chi connectivity index (χ2v) is 4.08. The van der Waals surface area contributed by atoms with Gasteiger partial charge in [-0.3, -0.25) is 0 Å². The van der Waals surface area contributed by atoms with Gasteiger partial charge in [0, 0.05) is 0 Å². The van der Waals surface area contributed by atoms with Crippen molar-refractivity contribution in [2.45, 2.75) is 66.2 Å². The van der Waals surface area contributed by atoms with Crippen LogP contribution in [0.25, 0.3) is 0 Å². The van der Waals surface area contributed by atoms with Gasteiger partial charge < -0.3 is 0 Å². The predicted octanol–water partition coefficient (Wildman–Crippen LogP) is 4.64. The molecule has 0 aliphatic rings. The molecule has 0 nitrogen and oxygen atoms in total. The van der Waals surface area contributed by atoms with Crippen LogP contribution in [-0.2, 0) is 0 Å². The first kappa shape index (κ1) is 12.0. The molecule has 0 spiro atoms. The third-order valence-electron chi connectivity index (χ3n) is 3.00. The molecule has 0 N–H and O–H groups in total. The van der Waals surface area contributed by atoms with Gasteiger partial charge in [0.2, 0.25) is 0 Å². The van der Waals surface area contributed by atoms with E-state index >= 15 is 0 Å². The summed E-state index contributed by atoms with van der Waals surface area (Å²) in [5.41, 5.74) is 0. The third kappa shape index (κ3) is 4.79. The van der Waals surface area contributed by atoms with E-state index in [-0.39, 0.29) is 0 Å². The summed E-state index contributed by atoms with van der Waals surface area (Å²) in [5.74, 6) is 1.94. The van der Waals surface area contributed by atoms with Gasteiger partial charge in [-0.15, -0.1) is 0 Å². The second-order valence-electron chi connectivity index (χ2n) is 4.08. The van der Waals surface area contributed by atoms with Crippen molar-refractivity contribution in [3.05, 3.63) is 0 Å². The van der Waals surface area contributed by atoms with E-state index in [0.29, 0.717) is 0 Å². The Hall–Kier alpha value is 0. The highest BCUT2D eigenvalue weighted by Crippen LogP contribution is 2.25. The summed E-state index contributed by atoms with van der Waals surface area (Å²) in [5, 5.41) is 0. The Morgan fingerprint density at radius 2 is 1.58 bits per heavy atom. The topological polar surface area (TPSA) is 0 Å². The van der Waals surface area contributed by atoms with E-state index < -0.39 is 0 Å². The number of hydrogen-bond acceptors (Lipinski definition) is 0. The lowest BCUT2D eigenvalue weighted by atomic mass is 9.84. The van der Waals surface area contributed by atoms with E-state index in [1.807, 2.05) is 0 Å². The smallest absolute Gasteiger partial charge is 0.0391 e. The molecule has 0 rings (SSSR count). The summed E-state index contributed by atoms with van der Waals surface area (Å²) >= 11 is 0. The Morgan fingerprint density at radius 1 is 0.917 bits per heavy atom. The van der Waals surface area contributed by atoms with Crippen LogP contribution in [0.15, 0.2) is 0 Å². The van der Waals surface area contributed by atoms with Gasteiger partial charge in [-0.05, 0) is 11.8 Å². The fraction of sp³-hybridized carbons (Fsp3) is 1.00. The highest BCUT2D eigenvalue weighted by molar-refractivity contribution is 4.64. The summed E-state index contributed by atoms with van der Waals surface area (Å²) in [6.45, 7) is 9.35. The molecule has 0 fully saturated rings. The monoisotopic (exact) mass is 170 g/mol. The fourth-order valence-electron chi connectivity index (χ4n) is 2.02. The van der Waals surface area contributed by atoms with Crippen LogP contribution < -0.4 is 0 Å². The van der Waals surface area contributed by atoms with Crippen molar-refractivity contribution in [3.63, 3.8) is 0 Å². The second kappa shape index (κ2) is 7.64. The van der Waals surface area contributed by atoms with Gasteiger partial charge in [0.1, 0.15) is 0 Å². The minimum Gasteiger partial charge on any atom is -0.0654 e. The van der Waals surface area contributed by atoms with E-state index in [1.54, 1.807) is 0 Å². The molecule has 0 bridgehead atoms. The summed E-state index contributed by atoms with van der Waals surface area (Å²) in [6, 6.07) is 0. The zero-order chi connectivity index (χ0) is 9.40. The summed E-state index contributed by atoms with van der Waals surface area (Å²) < 4.78 is 0.